The Balaban J connectivity index is 3.18. The molecule has 0 saturated carbocycles. The summed E-state index contributed by atoms with van der Waals surface area (Å²) >= 11 is 0. The minimum Gasteiger partial charge on any atom is -0.369 e. The van der Waals surface area contributed by atoms with Crippen molar-refractivity contribution >= 4 is 11.7 Å². The fraction of sp³-hybridized carbons (Fsp3) is 0.500. The van der Waals surface area contributed by atoms with Crippen LogP contribution in [0.5, 0.6) is 0 Å². The first-order valence-corrected chi connectivity index (χ1v) is 5.15. The van der Waals surface area contributed by atoms with Crippen molar-refractivity contribution in [1.82, 2.24) is 9.78 Å². The minimum absolute atomic E-state index is 0.0439. The van der Waals surface area contributed by atoms with Gasteiger partial charge in [0.05, 0.1) is 11.4 Å². The summed E-state index contributed by atoms with van der Waals surface area (Å²) in [6, 6.07) is 0. The highest BCUT2D eigenvalue weighted by Gasteiger charge is 2.12. The molecule has 0 radical (unpaired) electrons. The van der Waals surface area contributed by atoms with Gasteiger partial charge in [0.2, 0.25) is 5.96 Å². The van der Waals surface area contributed by atoms with Crippen molar-refractivity contribution < 1.29 is 0 Å². The maximum atomic E-state index is 5.23. The zero-order valence-corrected chi connectivity index (χ0v) is 10.2. The highest BCUT2D eigenvalue weighted by Crippen LogP contribution is 2.14. The van der Waals surface area contributed by atoms with Crippen molar-refractivity contribution in [1.29, 1.82) is 0 Å². The molecule has 88 valence electrons. The molecule has 1 aromatic rings. The standard InChI is InChI=1S/C10H18N6/c1-5-16-8(4)9(7(3)15-16)6(2)13-14-10(11)12/h5H2,1-4H3,(H4,11,12,14). The summed E-state index contributed by atoms with van der Waals surface area (Å²) in [5.74, 6) is -0.0439. The highest BCUT2D eigenvalue weighted by molar-refractivity contribution is 6.00. The van der Waals surface area contributed by atoms with Gasteiger partial charge in [-0.05, 0) is 27.7 Å². The maximum absolute atomic E-state index is 5.23. The Morgan fingerprint density at radius 1 is 1.31 bits per heavy atom. The van der Waals surface area contributed by atoms with E-state index in [2.05, 4.69) is 15.3 Å². The molecule has 6 nitrogen and oxygen atoms in total. The van der Waals surface area contributed by atoms with Gasteiger partial charge in [-0.25, -0.2) is 0 Å². The Morgan fingerprint density at radius 2 is 1.94 bits per heavy atom. The smallest absolute Gasteiger partial charge is 0.211 e. The lowest BCUT2D eigenvalue weighted by atomic mass is 10.1. The van der Waals surface area contributed by atoms with E-state index >= 15 is 0 Å². The minimum atomic E-state index is -0.0439. The number of aromatic nitrogens is 2. The SMILES string of the molecule is CCn1nc(C)c(C(C)=NN=C(N)N)c1C. The van der Waals surface area contributed by atoms with E-state index in [1.54, 1.807) is 0 Å². The lowest BCUT2D eigenvalue weighted by Crippen LogP contribution is -2.22. The van der Waals surface area contributed by atoms with Crippen molar-refractivity contribution in [2.75, 3.05) is 0 Å². The zero-order chi connectivity index (χ0) is 12.3. The highest BCUT2D eigenvalue weighted by atomic mass is 15.3. The fourth-order valence-corrected chi connectivity index (χ4v) is 1.71. The normalized spacial score (nSPS) is 11.6. The van der Waals surface area contributed by atoms with Crippen LogP contribution in [0.2, 0.25) is 0 Å². The van der Waals surface area contributed by atoms with Crippen molar-refractivity contribution in [2.24, 2.45) is 21.7 Å². The molecular weight excluding hydrogens is 204 g/mol. The summed E-state index contributed by atoms with van der Waals surface area (Å²) in [5.41, 5.74) is 14.2. The summed E-state index contributed by atoms with van der Waals surface area (Å²) in [7, 11) is 0. The van der Waals surface area contributed by atoms with E-state index in [4.69, 9.17) is 11.5 Å². The molecule has 1 heterocycles. The van der Waals surface area contributed by atoms with Gasteiger partial charge in [0.15, 0.2) is 0 Å². The Hall–Kier alpha value is -1.85. The van der Waals surface area contributed by atoms with Crippen molar-refractivity contribution in [3.63, 3.8) is 0 Å². The first-order chi connectivity index (χ1) is 7.47. The van der Waals surface area contributed by atoms with Gasteiger partial charge in [0.25, 0.3) is 0 Å². The molecule has 0 fully saturated rings. The molecule has 0 aliphatic rings. The third kappa shape index (κ3) is 2.39. The van der Waals surface area contributed by atoms with Gasteiger partial charge in [-0.2, -0.15) is 10.2 Å². The first-order valence-electron chi connectivity index (χ1n) is 5.15. The number of guanidine groups is 1. The van der Waals surface area contributed by atoms with Crippen LogP contribution in [-0.4, -0.2) is 21.5 Å². The van der Waals surface area contributed by atoms with Crippen LogP contribution in [0.15, 0.2) is 10.2 Å². The van der Waals surface area contributed by atoms with Crippen molar-refractivity contribution in [2.45, 2.75) is 34.2 Å². The molecule has 0 aromatic carbocycles. The van der Waals surface area contributed by atoms with E-state index in [1.165, 1.54) is 0 Å². The molecule has 4 N–H and O–H groups in total. The van der Waals surface area contributed by atoms with Gasteiger partial charge in [-0.1, -0.05) is 0 Å². The predicted molar refractivity (Wildman–Crippen MR) is 65.4 cm³/mol. The Labute approximate surface area is 95.0 Å². The second kappa shape index (κ2) is 4.78. The number of hydrogen-bond donors (Lipinski definition) is 2. The molecule has 0 aliphatic heterocycles. The molecule has 6 heteroatoms. The van der Waals surface area contributed by atoms with Crippen LogP contribution in [0.3, 0.4) is 0 Å². The van der Waals surface area contributed by atoms with Crippen LogP contribution in [0, 0.1) is 13.8 Å². The van der Waals surface area contributed by atoms with E-state index in [1.807, 2.05) is 32.4 Å². The molecule has 0 unspecified atom stereocenters. The van der Waals surface area contributed by atoms with Crippen LogP contribution in [0.4, 0.5) is 0 Å². The lowest BCUT2D eigenvalue weighted by molar-refractivity contribution is 0.634. The molecule has 16 heavy (non-hydrogen) atoms. The second-order valence-electron chi connectivity index (χ2n) is 3.57. The molecule has 1 aromatic heterocycles. The van der Waals surface area contributed by atoms with Crippen LogP contribution < -0.4 is 11.5 Å². The average molecular weight is 222 g/mol. The number of nitrogens with zero attached hydrogens (tertiary/aromatic N) is 4. The fourth-order valence-electron chi connectivity index (χ4n) is 1.71. The Bertz CT molecular complexity index is 436. The van der Waals surface area contributed by atoms with Gasteiger partial charge in [0, 0.05) is 17.8 Å². The largest absolute Gasteiger partial charge is 0.369 e. The van der Waals surface area contributed by atoms with E-state index in [0.29, 0.717) is 0 Å². The second-order valence-corrected chi connectivity index (χ2v) is 3.57. The monoisotopic (exact) mass is 222 g/mol. The van der Waals surface area contributed by atoms with Crippen LogP contribution in [0.1, 0.15) is 30.8 Å². The topological polar surface area (TPSA) is 94.6 Å². The summed E-state index contributed by atoms with van der Waals surface area (Å²) in [6.07, 6.45) is 0. The molecule has 1 rings (SSSR count). The van der Waals surface area contributed by atoms with E-state index in [0.717, 1.165) is 29.2 Å². The third-order valence-electron chi connectivity index (χ3n) is 2.36. The molecule has 0 bridgehead atoms. The van der Waals surface area contributed by atoms with Gasteiger partial charge >= 0.3 is 0 Å². The molecule has 0 aliphatic carbocycles. The number of rotatable bonds is 3. The van der Waals surface area contributed by atoms with Gasteiger partial charge in [0.1, 0.15) is 0 Å². The van der Waals surface area contributed by atoms with Gasteiger partial charge < -0.3 is 11.5 Å². The van der Waals surface area contributed by atoms with Crippen molar-refractivity contribution in [3.8, 4) is 0 Å². The summed E-state index contributed by atoms with van der Waals surface area (Å²) in [5, 5.41) is 12.0. The molecule has 0 atom stereocenters. The summed E-state index contributed by atoms with van der Waals surface area (Å²) < 4.78 is 1.93. The summed E-state index contributed by atoms with van der Waals surface area (Å²) in [4.78, 5) is 0. The zero-order valence-electron chi connectivity index (χ0n) is 10.2. The Morgan fingerprint density at radius 3 is 2.38 bits per heavy atom. The molecule has 0 saturated heterocycles. The lowest BCUT2D eigenvalue weighted by Gasteiger charge is -2.01. The molecular formula is C10H18N6. The van der Waals surface area contributed by atoms with Gasteiger partial charge in [-0.3, -0.25) is 4.68 Å². The number of aryl methyl sites for hydroxylation is 2. The van der Waals surface area contributed by atoms with Crippen LogP contribution >= 0.6 is 0 Å². The predicted octanol–water partition coefficient (Wildman–Crippen LogP) is 0.517. The number of nitrogens with two attached hydrogens (primary N) is 2. The van der Waals surface area contributed by atoms with E-state index in [-0.39, 0.29) is 5.96 Å². The van der Waals surface area contributed by atoms with Crippen LogP contribution in [-0.2, 0) is 6.54 Å². The first kappa shape index (κ1) is 12.2. The third-order valence-corrected chi connectivity index (χ3v) is 2.36. The van der Waals surface area contributed by atoms with Crippen molar-refractivity contribution in [3.05, 3.63) is 17.0 Å². The molecule has 0 amide bonds. The maximum Gasteiger partial charge on any atom is 0.211 e. The Kier molecular flexibility index (Phi) is 3.65. The van der Waals surface area contributed by atoms with Gasteiger partial charge in [-0.15, -0.1) is 5.10 Å². The number of hydrogen-bond acceptors (Lipinski definition) is 3. The van der Waals surface area contributed by atoms with E-state index < -0.39 is 0 Å². The van der Waals surface area contributed by atoms with Crippen LogP contribution in [0.25, 0.3) is 0 Å². The quantitative estimate of drug-likeness (QED) is 0.443. The molecule has 0 spiro atoms. The average Bonchev–Trinajstić information content (AvgIpc) is 2.50. The van der Waals surface area contributed by atoms with E-state index in [9.17, 15) is 0 Å². The summed E-state index contributed by atoms with van der Waals surface area (Å²) in [6.45, 7) is 8.70.